The predicted molar refractivity (Wildman–Crippen MR) is 84.2 cm³/mol. The van der Waals surface area contributed by atoms with E-state index in [0.29, 0.717) is 22.4 Å². The first-order valence-electron chi connectivity index (χ1n) is 5.99. The van der Waals surface area contributed by atoms with Crippen LogP contribution >= 0.6 is 27.5 Å². The molecule has 0 aliphatic carbocycles. The highest BCUT2D eigenvalue weighted by molar-refractivity contribution is 9.10. The Morgan fingerprint density at radius 2 is 1.84 bits per heavy atom. The highest BCUT2D eigenvalue weighted by Crippen LogP contribution is 2.35. The normalized spacial score (nSPS) is 10.8. The Morgan fingerprint density at radius 3 is 2.53 bits per heavy atom. The zero-order valence-corrected chi connectivity index (χ0v) is 13.1. The van der Waals surface area contributed by atoms with Crippen LogP contribution in [0.4, 0.5) is 5.69 Å². The molecule has 0 spiro atoms. The van der Waals surface area contributed by atoms with Gasteiger partial charge >= 0.3 is 0 Å². The van der Waals surface area contributed by atoms with Crippen molar-refractivity contribution in [3.63, 3.8) is 0 Å². The molecule has 2 aromatic carbocycles. The smallest absolute Gasteiger partial charge is 0.151 e. The maximum absolute atomic E-state index is 5.97. The molecule has 0 saturated carbocycles. The first-order valence-corrected chi connectivity index (χ1v) is 7.17. The van der Waals surface area contributed by atoms with Gasteiger partial charge < -0.3 is 10.5 Å². The van der Waals surface area contributed by atoms with Crippen LogP contribution in [0.25, 0.3) is 0 Å². The molecule has 0 unspecified atom stereocenters. The summed E-state index contributed by atoms with van der Waals surface area (Å²) in [5.74, 6) is 1.73. The molecule has 0 amide bonds. The summed E-state index contributed by atoms with van der Waals surface area (Å²) in [4.78, 5) is 0. The second-order valence-electron chi connectivity index (χ2n) is 4.62. The molecule has 0 radical (unpaired) electrons. The van der Waals surface area contributed by atoms with Crippen LogP contribution in [-0.4, -0.2) is 0 Å². The van der Waals surface area contributed by atoms with E-state index in [1.54, 1.807) is 18.2 Å². The monoisotopic (exact) mass is 339 g/mol. The summed E-state index contributed by atoms with van der Waals surface area (Å²) in [5.41, 5.74) is 7.59. The van der Waals surface area contributed by atoms with E-state index in [0.717, 1.165) is 15.8 Å². The molecular weight excluding hydrogens is 326 g/mol. The van der Waals surface area contributed by atoms with E-state index in [2.05, 4.69) is 35.8 Å². The molecule has 0 bridgehead atoms. The van der Waals surface area contributed by atoms with Crippen LogP contribution in [0.5, 0.6) is 11.5 Å². The van der Waals surface area contributed by atoms with Gasteiger partial charge in [-0.1, -0.05) is 41.4 Å². The third-order valence-corrected chi connectivity index (χ3v) is 3.52. The average Bonchev–Trinajstić information content (AvgIpc) is 2.35. The molecule has 0 atom stereocenters. The Morgan fingerprint density at radius 1 is 1.11 bits per heavy atom. The Bertz CT molecular complexity index is 599. The number of anilines is 1. The average molecular weight is 341 g/mol. The molecule has 4 heteroatoms. The molecule has 100 valence electrons. The van der Waals surface area contributed by atoms with Gasteiger partial charge in [-0.25, -0.2) is 0 Å². The van der Waals surface area contributed by atoms with E-state index < -0.39 is 0 Å². The van der Waals surface area contributed by atoms with E-state index in [4.69, 9.17) is 22.1 Å². The Kier molecular flexibility index (Phi) is 4.38. The van der Waals surface area contributed by atoms with Crippen molar-refractivity contribution in [1.29, 1.82) is 0 Å². The van der Waals surface area contributed by atoms with Gasteiger partial charge in [0.1, 0.15) is 5.75 Å². The highest BCUT2D eigenvalue weighted by Gasteiger charge is 2.11. The topological polar surface area (TPSA) is 35.2 Å². The van der Waals surface area contributed by atoms with Crippen LogP contribution in [0.1, 0.15) is 25.3 Å². The number of nitrogen functional groups attached to an aromatic ring is 1. The van der Waals surface area contributed by atoms with Crippen LogP contribution < -0.4 is 10.5 Å². The van der Waals surface area contributed by atoms with Gasteiger partial charge in [-0.15, -0.1) is 0 Å². The van der Waals surface area contributed by atoms with Crippen LogP contribution in [0.15, 0.2) is 40.9 Å². The number of rotatable bonds is 3. The summed E-state index contributed by atoms with van der Waals surface area (Å²) < 4.78 is 6.94. The summed E-state index contributed by atoms with van der Waals surface area (Å²) in [6.07, 6.45) is 0. The Balaban J connectivity index is 2.40. The van der Waals surface area contributed by atoms with Crippen LogP contribution in [0.3, 0.4) is 0 Å². The number of nitrogens with two attached hydrogens (primary N) is 1. The SMILES string of the molecule is CC(C)c1cc(Br)ccc1Oc1cc(Cl)ccc1N. The molecule has 0 aromatic heterocycles. The minimum atomic E-state index is 0.355. The summed E-state index contributed by atoms with van der Waals surface area (Å²) in [7, 11) is 0. The second-order valence-corrected chi connectivity index (χ2v) is 5.97. The lowest BCUT2D eigenvalue weighted by molar-refractivity contribution is 0.475. The van der Waals surface area contributed by atoms with Gasteiger partial charge in [-0.2, -0.15) is 0 Å². The fourth-order valence-electron chi connectivity index (χ4n) is 1.78. The number of halogens is 2. The Hall–Kier alpha value is -1.19. The summed E-state index contributed by atoms with van der Waals surface area (Å²) in [6.45, 7) is 4.24. The highest BCUT2D eigenvalue weighted by atomic mass is 79.9. The molecule has 2 N–H and O–H groups in total. The third kappa shape index (κ3) is 3.43. The first-order chi connectivity index (χ1) is 8.97. The fourth-order valence-corrected chi connectivity index (χ4v) is 2.32. The molecule has 0 saturated heterocycles. The minimum absolute atomic E-state index is 0.355. The van der Waals surface area contributed by atoms with Crippen molar-refractivity contribution in [2.24, 2.45) is 0 Å². The van der Waals surface area contributed by atoms with Crippen molar-refractivity contribution in [2.75, 3.05) is 5.73 Å². The standard InChI is InChI=1S/C15H15BrClNO/c1-9(2)12-7-10(16)3-6-14(12)19-15-8-11(17)4-5-13(15)18/h3-9H,18H2,1-2H3. The molecule has 2 rings (SSSR count). The second kappa shape index (κ2) is 5.85. The zero-order valence-electron chi connectivity index (χ0n) is 10.8. The van der Waals surface area contributed by atoms with Gasteiger partial charge in [-0.05, 0) is 41.8 Å². The minimum Gasteiger partial charge on any atom is -0.455 e. The number of benzene rings is 2. The lowest BCUT2D eigenvalue weighted by Crippen LogP contribution is -1.96. The van der Waals surface area contributed by atoms with Crippen molar-refractivity contribution < 1.29 is 4.74 Å². The van der Waals surface area contributed by atoms with Crippen LogP contribution in [0.2, 0.25) is 5.02 Å². The summed E-state index contributed by atoms with van der Waals surface area (Å²) in [6, 6.07) is 11.1. The van der Waals surface area contributed by atoms with E-state index >= 15 is 0 Å². The maximum Gasteiger partial charge on any atom is 0.151 e. The fraction of sp³-hybridized carbons (Fsp3) is 0.200. The summed E-state index contributed by atoms with van der Waals surface area (Å²) >= 11 is 9.44. The maximum atomic E-state index is 5.97. The van der Waals surface area contributed by atoms with Gasteiger partial charge in [0.15, 0.2) is 5.75 Å². The molecule has 0 fully saturated rings. The largest absolute Gasteiger partial charge is 0.455 e. The van der Waals surface area contributed by atoms with Crippen molar-refractivity contribution in [3.8, 4) is 11.5 Å². The van der Waals surface area contributed by atoms with Crippen LogP contribution in [0, 0.1) is 0 Å². The molecule has 0 aliphatic rings. The van der Waals surface area contributed by atoms with Gasteiger partial charge in [-0.3, -0.25) is 0 Å². The molecule has 0 heterocycles. The van der Waals surface area contributed by atoms with Gasteiger partial charge in [0.25, 0.3) is 0 Å². The van der Waals surface area contributed by atoms with Gasteiger partial charge in [0, 0.05) is 15.6 Å². The number of hydrogen-bond donors (Lipinski definition) is 1. The van der Waals surface area contributed by atoms with Crippen LogP contribution in [-0.2, 0) is 0 Å². The van der Waals surface area contributed by atoms with E-state index in [1.165, 1.54) is 0 Å². The quantitative estimate of drug-likeness (QED) is 0.738. The molecular formula is C15H15BrClNO. The van der Waals surface area contributed by atoms with E-state index in [-0.39, 0.29) is 0 Å². The van der Waals surface area contributed by atoms with E-state index in [1.807, 2.05) is 12.1 Å². The van der Waals surface area contributed by atoms with Gasteiger partial charge in [0.05, 0.1) is 5.69 Å². The first kappa shape index (κ1) is 14.2. The molecule has 2 aromatic rings. The lowest BCUT2D eigenvalue weighted by atomic mass is 10.0. The zero-order chi connectivity index (χ0) is 14.0. The predicted octanol–water partition coefficient (Wildman–Crippen LogP) is 5.60. The van der Waals surface area contributed by atoms with Crippen molar-refractivity contribution in [3.05, 3.63) is 51.5 Å². The van der Waals surface area contributed by atoms with Gasteiger partial charge in [0.2, 0.25) is 0 Å². The summed E-state index contributed by atoms with van der Waals surface area (Å²) in [5, 5.41) is 0.604. The number of hydrogen-bond acceptors (Lipinski definition) is 2. The Labute approximate surface area is 126 Å². The molecule has 0 aliphatic heterocycles. The van der Waals surface area contributed by atoms with Crippen molar-refractivity contribution in [1.82, 2.24) is 0 Å². The van der Waals surface area contributed by atoms with E-state index in [9.17, 15) is 0 Å². The molecule has 2 nitrogen and oxygen atoms in total. The van der Waals surface area contributed by atoms with Crippen molar-refractivity contribution >= 4 is 33.2 Å². The lowest BCUT2D eigenvalue weighted by Gasteiger charge is -2.15. The molecule has 19 heavy (non-hydrogen) atoms. The van der Waals surface area contributed by atoms with Crippen molar-refractivity contribution in [2.45, 2.75) is 19.8 Å². The number of ether oxygens (including phenoxy) is 1. The third-order valence-electron chi connectivity index (χ3n) is 2.79.